The van der Waals surface area contributed by atoms with Crippen molar-refractivity contribution in [3.63, 3.8) is 0 Å². The van der Waals surface area contributed by atoms with Crippen LogP contribution in [-0.4, -0.2) is 61.7 Å². The fourth-order valence-corrected chi connectivity index (χ4v) is 3.47. The van der Waals surface area contributed by atoms with Crippen LogP contribution in [0, 0.1) is 0 Å². The number of nitrogens with one attached hydrogen (secondary N) is 1. The van der Waals surface area contributed by atoms with E-state index in [0.717, 1.165) is 45.0 Å². The minimum atomic E-state index is 0.384. The average molecular weight is 319 g/mol. The Morgan fingerprint density at radius 2 is 2.00 bits per heavy atom. The highest BCUT2D eigenvalue weighted by atomic mass is 16.5. The highest BCUT2D eigenvalue weighted by Gasteiger charge is 2.30. The van der Waals surface area contributed by atoms with Gasteiger partial charge in [-0.1, -0.05) is 32.0 Å². The van der Waals surface area contributed by atoms with Crippen LogP contribution in [0.15, 0.2) is 24.3 Å². The van der Waals surface area contributed by atoms with E-state index in [0.29, 0.717) is 18.7 Å². The Kier molecular flexibility index (Phi) is 7.34. The summed E-state index contributed by atoms with van der Waals surface area (Å²) in [7, 11) is 0. The molecule has 2 atom stereocenters. The lowest BCUT2D eigenvalue weighted by Gasteiger charge is -2.42. The highest BCUT2D eigenvalue weighted by molar-refractivity contribution is 5.36. The Balaban J connectivity index is 2.32. The quantitative estimate of drug-likeness (QED) is 0.797. The molecule has 1 N–H and O–H groups in total. The molecule has 1 aromatic rings. The molecule has 1 fully saturated rings. The molecule has 0 amide bonds. The first-order valence-corrected chi connectivity index (χ1v) is 9.11. The van der Waals surface area contributed by atoms with Gasteiger partial charge in [-0.2, -0.15) is 0 Å². The minimum Gasteiger partial charge on any atom is -0.494 e. The summed E-state index contributed by atoms with van der Waals surface area (Å²) in [6, 6.07) is 9.49. The molecule has 0 radical (unpaired) electrons. The Bertz CT molecular complexity index is 462. The molecule has 1 saturated heterocycles. The number of piperazine rings is 1. The Morgan fingerprint density at radius 1 is 1.26 bits per heavy atom. The lowest BCUT2D eigenvalue weighted by molar-refractivity contribution is 0.0852. The van der Waals surface area contributed by atoms with E-state index in [-0.39, 0.29) is 0 Å². The van der Waals surface area contributed by atoms with Gasteiger partial charge in [-0.3, -0.25) is 4.90 Å². The third kappa shape index (κ3) is 4.69. The summed E-state index contributed by atoms with van der Waals surface area (Å²) in [4.78, 5) is 5.16. The van der Waals surface area contributed by atoms with Crippen LogP contribution in [0.4, 0.5) is 0 Å². The summed E-state index contributed by atoms with van der Waals surface area (Å²) in [5, 5.41) is 3.51. The van der Waals surface area contributed by atoms with Crippen LogP contribution < -0.4 is 10.1 Å². The van der Waals surface area contributed by atoms with Gasteiger partial charge >= 0.3 is 0 Å². The molecule has 0 aromatic heterocycles. The second-order valence-electron chi connectivity index (χ2n) is 6.26. The van der Waals surface area contributed by atoms with Gasteiger partial charge < -0.3 is 15.0 Å². The molecule has 4 heteroatoms. The number of hydrogen-bond donors (Lipinski definition) is 1. The van der Waals surface area contributed by atoms with Gasteiger partial charge in [-0.05, 0) is 33.0 Å². The van der Waals surface area contributed by atoms with Crippen LogP contribution in [-0.2, 0) is 0 Å². The van der Waals surface area contributed by atoms with Crippen molar-refractivity contribution in [3.8, 4) is 5.75 Å². The van der Waals surface area contributed by atoms with Crippen LogP contribution >= 0.6 is 0 Å². The average Bonchev–Trinajstić information content (AvgIpc) is 2.58. The van der Waals surface area contributed by atoms with Crippen LogP contribution in [0.3, 0.4) is 0 Å². The summed E-state index contributed by atoms with van der Waals surface area (Å²) in [6.07, 6.45) is 0. The molecule has 1 aromatic carbocycles. The van der Waals surface area contributed by atoms with Crippen molar-refractivity contribution in [2.45, 2.75) is 39.8 Å². The van der Waals surface area contributed by atoms with Crippen LogP contribution in [0.1, 0.15) is 39.3 Å². The van der Waals surface area contributed by atoms with Crippen molar-refractivity contribution in [2.75, 3.05) is 45.9 Å². The summed E-state index contributed by atoms with van der Waals surface area (Å²) in [5.74, 6) is 1.04. The lowest BCUT2D eigenvalue weighted by Crippen LogP contribution is -2.53. The van der Waals surface area contributed by atoms with E-state index in [2.05, 4.69) is 67.1 Å². The topological polar surface area (TPSA) is 27.7 Å². The second kappa shape index (κ2) is 9.26. The fourth-order valence-electron chi connectivity index (χ4n) is 3.47. The molecule has 1 aliphatic rings. The third-order valence-electron chi connectivity index (χ3n) is 4.86. The van der Waals surface area contributed by atoms with Crippen molar-refractivity contribution < 1.29 is 4.74 Å². The molecule has 0 aliphatic carbocycles. The molecule has 23 heavy (non-hydrogen) atoms. The largest absolute Gasteiger partial charge is 0.494 e. The normalized spacial score (nSPS) is 20.7. The number of hydrogen-bond acceptors (Lipinski definition) is 4. The number of benzene rings is 1. The summed E-state index contributed by atoms with van der Waals surface area (Å²) >= 11 is 0. The predicted octanol–water partition coefficient (Wildman–Crippen LogP) is 2.76. The molecular formula is C19H33N3O. The number of ether oxygens (including phenoxy) is 1. The molecule has 0 saturated carbocycles. The van der Waals surface area contributed by atoms with Crippen molar-refractivity contribution in [2.24, 2.45) is 0 Å². The van der Waals surface area contributed by atoms with Crippen LogP contribution in [0.2, 0.25) is 0 Å². The second-order valence-corrected chi connectivity index (χ2v) is 6.26. The fraction of sp³-hybridized carbons (Fsp3) is 0.684. The van der Waals surface area contributed by atoms with E-state index in [1.807, 2.05) is 0 Å². The Hall–Kier alpha value is -1.10. The maximum absolute atomic E-state index is 5.93. The number of nitrogens with zero attached hydrogens (tertiary/aromatic N) is 2. The molecule has 2 unspecified atom stereocenters. The van der Waals surface area contributed by atoms with E-state index >= 15 is 0 Å². The standard InChI is InChI=1S/C19H33N3O/c1-5-21(6-2)15-18(22-13-12-20-14-16(22)4)17-10-8-9-11-19(17)23-7-3/h8-11,16,18,20H,5-7,12-15H2,1-4H3. The van der Waals surface area contributed by atoms with E-state index in [1.54, 1.807) is 0 Å². The first-order valence-electron chi connectivity index (χ1n) is 9.11. The number of likely N-dealkylation sites (N-methyl/N-ethyl adjacent to an activating group) is 1. The van der Waals surface area contributed by atoms with Gasteiger partial charge in [-0.15, -0.1) is 0 Å². The minimum absolute atomic E-state index is 0.384. The zero-order valence-electron chi connectivity index (χ0n) is 15.2. The molecule has 1 heterocycles. The van der Waals surface area contributed by atoms with E-state index < -0.39 is 0 Å². The van der Waals surface area contributed by atoms with E-state index in [4.69, 9.17) is 4.74 Å². The maximum Gasteiger partial charge on any atom is 0.124 e. The molecular weight excluding hydrogens is 286 g/mol. The van der Waals surface area contributed by atoms with E-state index in [9.17, 15) is 0 Å². The first kappa shape index (κ1) is 18.2. The Labute approximate surface area is 141 Å². The van der Waals surface area contributed by atoms with Crippen LogP contribution in [0.5, 0.6) is 5.75 Å². The van der Waals surface area contributed by atoms with Crippen molar-refractivity contribution in [1.82, 2.24) is 15.1 Å². The molecule has 1 aliphatic heterocycles. The van der Waals surface area contributed by atoms with Gasteiger partial charge in [0.1, 0.15) is 5.75 Å². The van der Waals surface area contributed by atoms with Crippen molar-refractivity contribution in [3.05, 3.63) is 29.8 Å². The van der Waals surface area contributed by atoms with E-state index in [1.165, 1.54) is 5.56 Å². The highest BCUT2D eigenvalue weighted by Crippen LogP contribution is 2.32. The monoisotopic (exact) mass is 319 g/mol. The lowest BCUT2D eigenvalue weighted by atomic mass is 10.00. The molecule has 2 rings (SSSR count). The number of para-hydroxylation sites is 1. The smallest absolute Gasteiger partial charge is 0.124 e. The summed E-state index contributed by atoms with van der Waals surface area (Å²) < 4.78 is 5.93. The molecule has 0 spiro atoms. The van der Waals surface area contributed by atoms with Gasteiger partial charge in [0.2, 0.25) is 0 Å². The first-order chi connectivity index (χ1) is 11.2. The van der Waals surface area contributed by atoms with Gasteiger partial charge in [0.25, 0.3) is 0 Å². The maximum atomic E-state index is 5.93. The zero-order chi connectivity index (χ0) is 16.7. The summed E-state index contributed by atoms with van der Waals surface area (Å²) in [6.45, 7) is 16.0. The van der Waals surface area contributed by atoms with Crippen molar-refractivity contribution >= 4 is 0 Å². The molecule has 130 valence electrons. The number of rotatable bonds is 8. The van der Waals surface area contributed by atoms with Gasteiger partial charge in [0.05, 0.1) is 12.6 Å². The predicted molar refractivity (Wildman–Crippen MR) is 97.2 cm³/mol. The molecule has 0 bridgehead atoms. The van der Waals surface area contributed by atoms with Crippen LogP contribution in [0.25, 0.3) is 0 Å². The van der Waals surface area contributed by atoms with Gasteiger partial charge in [-0.25, -0.2) is 0 Å². The zero-order valence-corrected chi connectivity index (χ0v) is 15.2. The SMILES string of the molecule is CCOc1ccccc1C(CN(CC)CC)N1CCNCC1C. The van der Waals surface area contributed by atoms with Crippen molar-refractivity contribution in [1.29, 1.82) is 0 Å². The third-order valence-corrected chi connectivity index (χ3v) is 4.86. The Morgan fingerprint density at radius 3 is 2.65 bits per heavy atom. The molecule has 4 nitrogen and oxygen atoms in total. The van der Waals surface area contributed by atoms with Gasteiger partial charge in [0.15, 0.2) is 0 Å². The summed E-state index contributed by atoms with van der Waals surface area (Å²) in [5.41, 5.74) is 1.33. The van der Waals surface area contributed by atoms with Gasteiger partial charge in [0, 0.05) is 37.8 Å².